The fourth-order valence-electron chi connectivity index (χ4n) is 1.87. The molecular formula is C14H11Cl2N3O4. The van der Waals surface area contributed by atoms with Gasteiger partial charge in [0.2, 0.25) is 6.10 Å². The minimum atomic E-state index is -1.35. The highest BCUT2D eigenvalue weighted by Gasteiger charge is 2.27. The summed E-state index contributed by atoms with van der Waals surface area (Å²) in [5.41, 5.74) is 1.88. The van der Waals surface area contributed by atoms with Gasteiger partial charge in [0.05, 0.1) is 5.02 Å². The Hall–Kier alpha value is -2.35. The van der Waals surface area contributed by atoms with Crippen molar-refractivity contribution in [3.05, 3.63) is 56.9 Å². The predicted octanol–water partition coefficient (Wildman–Crippen LogP) is 3.21. The van der Waals surface area contributed by atoms with Gasteiger partial charge in [-0.25, -0.2) is 5.84 Å². The van der Waals surface area contributed by atoms with E-state index < -0.39 is 12.0 Å². The Morgan fingerprint density at radius 1 is 1.26 bits per heavy atom. The number of hydrogen-bond donors (Lipinski definition) is 3. The number of hydrazine groups is 1. The molecule has 2 aromatic carbocycles. The van der Waals surface area contributed by atoms with Gasteiger partial charge in [-0.05, 0) is 41.6 Å². The molecule has 0 saturated heterocycles. The summed E-state index contributed by atoms with van der Waals surface area (Å²) in [6, 6.07) is 8.09. The van der Waals surface area contributed by atoms with Crippen molar-refractivity contribution < 1.29 is 14.6 Å². The van der Waals surface area contributed by atoms with Crippen LogP contribution in [0, 0.1) is 4.91 Å². The van der Waals surface area contributed by atoms with Crippen molar-refractivity contribution >= 4 is 34.8 Å². The van der Waals surface area contributed by atoms with Crippen molar-refractivity contribution in [2.45, 2.75) is 6.10 Å². The summed E-state index contributed by atoms with van der Waals surface area (Å²) in [4.78, 5) is 22.9. The zero-order valence-electron chi connectivity index (χ0n) is 11.5. The first-order valence-electron chi connectivity index (χ1n) is 6.24. The first kappa shape index (κ1) is 17.0. The second-order valence-corrected chi connectivity index (χ2v) is 5.26. The van der Waals surface area contributed by atoms with Gasteiger partial charge in [-0.1, -0.05) is 23.2 Å². The lowest BCUT2D eigenvalue weighted by Crippen LogP contribution is -2.37. The van der Waals surface area contributed by atoms with E-state index in [9.17, 15) is 14.8 Å². The Bertz CT molecular complexity index is 755. The monoisotopic (exact) mass is 355 g/mol. The zero-order chi connectivity index (χ0) is 17.0. The van der Waals surface area contributed by atoms with E-state index in [1.807, 2.05) is 5.43 Å². The normalized spacial score (nSPS) is 11.6. The summed E-state index contributed by atoms with van der Waals surface area (Å²) < 4.78 is 5.54. The van der Waals surface area contributed by atoms with Crippen LogP contribution in [0.25, 0.3) is 0 Å². The number of carbonyl (C=O) groups excluding carboxylic acids is 1. The van der Waals surface area contributed by atoms with Gasteiger partial charge in [0.25, 0.3) is 5.91 Å². The van der Waals surface area contributed by atoms with Gasteiger partial charge in [0.1, 0.15) is 17.2 Å². The number of carbonyl (C=O) groups is 1. The van der Waals surface area contributed by atoms with Gasteiger partial charge in [0, 0.05) is 10.6 Å². The van der Waals surface area contributed by atoms with Gasteiger partial charge in [0.15, 0.2) is 0 Å². The molecule has 0 aliphatic rings. The fourth-order valence-corrected chi connectivity index (χ4v) is 2.32. The predicted molar refractivity (Wildman–Crippen MR) is 85.7 cm³/mol. The molecule has 0 radical (unpaired) electrons. The molecule has 0 saturated carbocycles. The molecule has 2 rings (SSSR count). The van der Waals surface area contributed by atoms with Crippen LogP contribution in [-0.4, -0.2) is 11.0 Å². The summed E-state index contributed by atoms with van der Waals surface area (Å²) in [6.45, 7) is 0. The van der Waals surface area contributed by atoms with E-state index in [1.54, 1.807) is 0 Å². The summed E-state index contributed by atoms with van der Waals surface area (Å²) in [5, 5.41) is 12.9. The van der Waals surface area contributed by atoms with Crippen LogP contribution in [0.1, 0.15) is 11.7 Å². The summed E-state index contributed by atoms with van der Waals surface area (Å²) in [6.07, 6.45) is -1.35. The summed E-state index contributed by atoms with van der Waals surface area (Å²) in [5.74, 6) is 4.36. The number of phenols is 1. The van der Waals surface area contributed by atoms with E-state index in [4.69, 9.17) is 33.8 Å². The van der Waals surface area contributed by atoms with Crippen molar-refractivity contribution in [1.29, 1.82) is 0 Å². The van der Waals surface area contributed by atoms with E-state index in [-0.39, 0.29) is 27.8 Å². The third-order valence-corrected chi connectivity index (χ3v) is 3.44. The van der Waals surface area contributed by atoms with Crippen molar-refractivity contribution in [2.24, 2.45) is 11.0 Å². The zero-order valence-corrected chi connectivity index (χ0v) is 13.0. The lowest BCUT2D eigenvalue weighted by atomic mass is 10.1. The van der Waals surface area contributed by atoms with Crippen LogP contribution >= 0.6 is 23.2 Å². The Labute approximate surface area is 140 Å². The van der Waals surface area contributed by atoms with E-state index >= 15 is 0 Å². The molecule has 1 amide bonds. The molecule has 120 valence electrons. The van der Waals surface area contributed by atoms with E-state index in [1.165, 1.54) is 36.4 Å². The van der Waals surface area contributed by atoms with Crippen LogP contribution in [0.5, 0.6) is 11.5 Å². The second kappa shape index (κ2) is 7.28. The minimum Gasteiger partial charge on any atom is -0.508 e. The van der Waals surface area contributed by atoms with Crippen molar-refractivity contribution in [1.82, 2.24) is 5.43 Å². The number of nitrogens with zero attached hydrogens (tertiary/aromatic N) is 1. The third kappa shape index (κ3) is 3.89. The first-order chi connectivity index (χ1) is 11.0. The molecule has 0 heterocycles. The average molecular weight is 356 g/mol. The molecule has 0 aliphatic carbocycles. The van der Waals surface area contributed by atoms with Crippen LogP contribution in [0.2, 0.25) is 10.0 Å². The average Bonchev–Trinajstić information content (AvgIpc) is 2.53. The number of ether oxygens (including phenoxy) is 1. The smallest absolute Gasteiger partial charge is 0.279 e. The largest absolute Gasteiger partial charge is 0.508 e. The molecule has 7 nitrogen and oxygen atoms in total. The Morgan fingerprint density at radius 3 is 2.61 bits per heavy atom. The molecule has 0 spiro atoms. The van der Waals surface area contributed by atoms with Crippen LogP contribution in [0.3, 0.4) is 0 Å². The molecule has 0 fully saturated rings. The van der Waals surface area contributed by atoms with Crippen molar-refractivity contribution in [3.8, 4) is 11.5 Å². The number of amides is 1. The first-order valence-corrected chi connectivity index (χ1v) is 7.00. The maximum atomic E-state index is 12.0. The van der Waals surface area contributed by atoms with E-state index in [0.29, 0.717) is 5.02 Å². The number of aromatic hydroxyl groups is 1. The molecule has 1 atom stereocenters. The van der Waals surface area contributed by atoms with Crippen molar-refractivity contribution in [3.63, 3.8) is 0 Å². The number of phenolic OH excluding ortho intramolecular Hbond substituents is 1. The lowest BCUT2D eigenvalue weighted by Gasteiger charge is -2.19. The standard InChI is InChI=1S/C14H11Cl2N3O4/c15-7-1-4-12(10(16)5-7)23-13(14(21)18-17)9-6-8(20)2-3-11(9)19-22/h1-6,13,20H,17H2,(H,18,21). The van der Waals surface area contributed by atoms with Crippen LogP contribution in [0.15, 0.2) is 41.6 Å². The van der Waals surface area contributed by atoms with Gasteiger partial charge >= 0.3 is 0 Å². The SMILES string of the molecule is NNC(=O)C(Oc1ccc(Cl)cc1Cl)c1cc(O)ccc1N=O. The van der Waals surface area contributed by atoms with Gasteiger partial charge < -0.3 is 9.84 Å². The molecule has 1 unspecified atom stereocenters. The number of rotatable bonds is 5. The number of nitrogens with one attached hydrogen (secondary N) is 1. The number of hydrogen-bond acceptors (Lipinski definition) is 6. The van der Waals surface area contributed by atoms with Gasteiger partial charge in [-0.2, -0.15) is 0 Å². The molecule has 23 heavy (non-hydrogen) atoms. The van der Waals surface area contributed by atoms with Gasteiger partial charge in [-0.3, -0.25) is 10.2 Å². The molecule has 0 aromatic heterocycles. The van der Waals surface area contributed by atoms with Gasteiger partial charge in [-0.15, -0.1) is 4.91 Å². The highest BCUT2D eigenvalue weighted by atomic mass is 35.5. The molecular weight excluding hydrogens is 345 g/mol. The number of halogens is 2. The topological polar surface area (TPSA) is 114 Å². The molecule has 4 N–H and O–H groups in total. The molecule has 9 heteroatoms. The Balaban J connectivity index is 2.48. The van der Waals surface area contributed by atoms with E-state index in [2.05, 4.69) is 5.18 Å². The Kier molecular flexibility index (Phi) is 5.38. The third-order valence-electron chi connectivity index (χ3n) is 2.91. The van der Waals surface area contributed by atoms with Crippen LogP contribution in [0.4, 0.5) is 5.69 Å². The highest BCUT2D eigenvalue weighted by Crippen LogP contribution is 2.35. The molecule has 0 aliphatic heterocycles. The quantitative estimate of drug-likeness (QED) is 0.329. The maximum Gasteiger partial charge on any atom is 0.279 e. The summed E-state index contributed by atoms with van der Waals surface area (Å²) >= 11 is 11.8. The maximum absolute atomic E-state index is 12.0. The van der Waals surface area contributed by atoms with Crippen LogP contribution < -0.4 is 16.0 Å². The molecule has 2 aromatic rings. The number of nitrogens with two attached hydrogens (primary N) is 1. The summed E-state index contributed by atoms with van der Waals surface area (Å²) in [7, 11) is 0. The minimum absolute atomic E-state index is 0.0361. The fraction of sp³-hybridized carbons (Fsp3) is 0.0714. The second-order valence-electron chi connectivity index (χ2n) is 4.42. The Morgan fingerprint density at radius 2 is 2.00 bits per heavy atom. The van der Waals surface area contributed by atoms with Crippen molar-refractivity contribution in [2.75, 3.05) is 0 Å². The number of benzene rings is 2. The highest BCUT2D eigenvalue weighted by molar-refractivity contribution is 6.35. The van der Waals surface area contributed by atoms with E-state index in [0.717, 1.165) is 0 Å². The lowest BCUT2D eigenvalue weighted by molar-refractivity contribution is -0.128. The number of nitroso groups, excluding NO2 is 1. The molecule has 0 bridgehead atoms. The van der Waals surface area contributed by atoms with Crippen LogP contribution in [-0.2, 0) is 4.79 Å².